The van der Waals surface area contributed by atoms with Gasteiger partial charge in [-0.3, -0.25) is 4.90 Å². The lowest BCUT2D eigenvalue weighted by Crippen LogP contribution is -2.67. The van der Waals surface area contributed by atoms with Crippen molar-refractivity contribution in [3.8, 4) is 0 Å². The van der Waals surface area contributed by atoms with Gasteiger partial charge in [0.15, 0.2) is 0 Å². The summed E-state index contributed by atoms with van der Waals surface area (Å²) in [7, 11) is 0. The highest BCUT2D eigenvalue weighted by molar-refractivity contribution is 5.50. The number of likely N-dealkylation sites (tertiary alicyclic amines) is 1. The van der Waals surface area contributed by atoms with Crippen LogP contribution in [0.4, 0.5) is 0 Å². The number of hydrogen-bond acceptors (Lipinski definition) is 3. The van der Waals surface area contributed by atoms with E-state index in [2.05, 4.69) is 67.4 Å². The van der Waals surface area contributed by atoms with Gasteiger partial charge < -0.3 is 10.4 Å². The second kappa shape index (κ2) is 9.86. The van der Waals surface area contributed by atoms with E-state index < -0.39 is 0 Å². The summed E-state index contributed by atoms with van der Waals surface area (Å²) in [6, 6.07) is 10.2. The summed E-state index contributed by atoms with van der Waals surface area (Å²) in [4.78, 5) is 2.61. The molecule has 150 valence electrons. The van der Waals surface area contributed by atoms with Gasteiger partial charge >= 0.3 is 0 Å². The van der Waals surface area contributed by atoms with Crippen LogP contribution in [0.2, 0.25) is 0 Å². The van der Waals surface area contributed by atoms with Crippen molar-refractivity contribution >= 4 is 6.08 Å². The molecular weight excluding hydrogens is 332 g/mol. The van der Waals surface area contributed by atoms with Crippen molar-refractivity contribution in [1.29, 1.82) is 0 Å². The molecular formula is C24H38N2O. The molecule has 0 aromatic heterocycles. The van der Waals surface area contributed by atoms with Gasteiger partial charge in [-0.15, -0.1) is 0 Å². The first-order valence-corrected chi connectivity index (χ1v) is 11.0. The molecule has 1 aromatic carbocycles. The molecule has 0 bridgehead atoms. The molecule has 27 heavy (non-hydrogen) atoms. The highest BCUT2D eigenvalue weighted by atomic mass is 16.3. The number of aliphatic hydroxyl groups is 1. The molecule has 0 radical (unpaired) electrons. The van der Waals surface area contributed by atoms with Gasteiger partial charge in [-0.25, -0.2) is 0 Å². The van der Waals surface area contributed by atoms with Crippen molar-refractivity contribution in [2.45, 2.75) is 76.9 Å². The Bertz CT molecular complexity index is 589. The van der Waals surface area contributed by atoms with Crippen LogP contribution < -0.4 is 5.32 Å². The molecule has 1 aliphatic heterocycles. The fourth-order valence-corrected chi connectivity index (χ4v) is 5.04. The van der Waals surface area contributed by atoms with Gasteiger partial charge in [-0.05, 0) is 36.8 Å². The van der Waals surface area contributed by atoms with E-state index in [-0.39, 0.29) is 12.6 Å². The third-order valence-corrected chi connectivity index (χ3v) is 6.48. The Hall–Kier alpha value is -1.16. The van der Waals surface area contributed by atoms with Gasteiger partial charge in [0, 0.05) is 37.1 Å². The van der Waals surface area contributed by atoms with Crippen LogP contribution in [-0.4, -0.2) is 47.8 Å². The number of nitrogens with one attached hydrogen (secondary N) is 1. The molecule has 1 aromatic rings. The Morgan fingerprint density at radius 2 is 1.81 bits per heavy atom. The van der Waals surface area contributed by atoms with Crippen molar-refractivity contribution in [2.24, 2.45) is 5.92 Å². The van der Waals surface area contributed by atoms with Gasteiger partial charge in [0.25, 0.3) is 0 Å². The van der Waals surface area contributed by atoms with E-state index >= 15 is 0 Å². The molecule has 1 aliphatic carbocycles. The van der Waals surface area contributed by atoms with Crippen molar-refractivity contribution in [3.05, 3.63) is 41.5 Å². The lowest BCUT2D eigenvalue weighted by molar-refractivity contribution is -0.0553. The molecule has 0 unspecified atom stereocenters. The fraction of sp³-hybridized carbons (Fsp3) is 0.667. The average molecular weight is 371 g/mol. The molecule has 1 saturated carbocycles. The van der Waals surface area contributed by atoms with Crippen LogP contribution in [0.1, 0.15) is 69.9 Å². The van der Waals surface area contributed by atoms with E-state index in [0.717, 1.165) is 19.0 Å². The number of benzene rings is 1. The van der Waals surface area contributed by atoms with Gasteiger partial charge in [0.05, 0.1) is 6.61 Å². The summed E-state index contributed by atoms with van der Waals surface area (Å²) in [5.74, 6) is 1.23. The van der Waals surface area contributed by atoms with E-state index in [1.807, 2.05) is 0 Å². The quantitative estimate of drug-likeness (QED) is 0.711. The molecule has 3 nitrogen and oxygen atoms in total. The number of allylic oxidation sites excluding steroid dienone is 1. The van der Waals surface area contributed by atoms with Crippen LogP contribution >= 0.6 is 0 Å². The molecule has 2 fully saturated rings. The minimum atomic E-state index is 0.256. The Kier molecular flexibility index (Phi) is 7.51. The third-order valence-electron chi connectivity index (χ3n) is 6.48. The number of nitrogens with zero attached hydrogens (tertiary/aromatic N) is 1. The summed E-state index contributed by atoms with van der Waals surface area (Å²) in [5.41, 5.74) is 2.62. The summed E-state index contributed by atoms with van der Waals surface area (Å²) in [6.45, 7) is 8.90. The first-order chi connectivity index (χ1) is 13.1. The van der Waals surface area contributed by atoms with Gasteiger partial charge in [-0.1, -0.05) is 69.5 Å². The normalized spacial score (nSPS) is 27.4. The fourth-order valence-electron chi connectivity index (χ4n) is 5.04. The minimum Gasteiger partial charge on any atom is -0.395 e. The monoisotopic (exact) mass is 370 g/mol. The lowest BCUT2D eigenvalue weighted by atomic mass is 9.73. The third kappa shape index (κ3) is 5.01. The maximum atomic E-state index is 10.2. The molecule has 3 atom stereocenters. The van der Waals surface area contributed by atoms with Gasteiger partial charge in [-0.2, -0.15) is 0 Å². The predicted octanol–water partition coefficient (Wildman–Crippen LogP) is 4.43. The Morgan fingerprint density at radius 3 is 2.41 bits per heavy atom. The first-order valence-electron chi connectivity index (χ1n) is 11.0. The molecule has 3 heteroatoms. The molecule has 2 aliphatic rings. The van der Waals surface area contributed by atoms with Crippen molar-refractivity contribution in [2.75, 3.05) is 19.7 Å². The summed E-state index contributed by atoms with van der Waals surface area (Å²) in [5, 5.41) is 13.8. The van der Waals surface area contributed by atoms with E-state index in [1.165, 1.54) is 43.2 Å². The van der Waals surface area contributed by atoms with Crippen molar-refractivity contribution in [1.82, 2.24) is 10.2 Å². The summed E-state index contributed by atoms with van der Waals surface area (Å²) < 4.78 is 0. The second-order valence-electron chi connectivity index (χ2n) is 8.77. The summed E-state index contributed by atoms with van der Waals surface area (Å²) >= 11 is 0. The van der Waals surface area contributed by atoms with Crippen LogP contribution in [0.15, 0.2) is 30.3 Å². The first kappa shape index (κ1) is 20.6. The molecule has 3 rings (SSSR count). The molecule has 0 amide bonds. The van der Waals surface area contributed by atoms with Gasteiger partial charge in [0.1, 0.15) is 0 Å². The predicted molar refractivity (Wildman–Crippen MR) is 115 cm³/mol. The van der Waals surface area contributed by atoms with Crippen LogP contribution in [0.25, 0.3) is 6.08 Å². The zero-order valence-corrected chi connectivity index (χ0v) is 17.4. The maximum absolute atomic E-state index is 10.2. The standard InChI is InChI=1S/C24H38N2O/c1-4-8-19-11-13-21(14-12-19)24-22(15-25-18(2)3)26(23(24)17-27)16-20-9-6-5-7-10-20/h4,8,11-14,18,20,22-25,27H,5-7,9-10,15-17H2,1-3H3/b8-4+/t22-,23+,24+/m0/s1. The lowest BCUT2D eigenvalue weighted by Gasteiger charge is -2.56. The van der Waals surface area contributed by atoms with Crippen molar-refractivity contribution in [3.63, 3.8) is 0 Å². The topological polar surface area (TPSA) is 35.5 Å². The highest BCUT2D eigenvalue weighted by Gasteiger charge is 2.48. The largest absolute Gasteiger partial charge is 0.395 e. The summed E-state index contributed by atoms with van der Waals surface area (Å²) in [6.07, 6.45) is 11.1. The van der Waals surface area contributed by atoms with E-state index in [0.29, 0.717) is 18.0 Å². The molecule has 2 N–H and O–H groups in total. The SMILES string of the molecule is C/C=C/c1ccc([C@H]2[C@@H](CO)N(CC3CCCCC3)[C@H]2CNC(C)C)cc1. The smallest absolute Gasteiger partial charge is 0.0593 e. The van der Waals surface area contributed by atoms with Crippen molar-refractivity contribution < 1.29 is 5.11 Å². The number of aliphatic hydroxyl groups excluding tert-OH is 1. The van der Waals surface area contributed by atoms with E-state index in [4.69, 9.17) is 0 Å². The molecule has 1 heterocycles. The Labute approximate surface area is 165 Å². The Balaban J connectivity index is 1.75. The highest BCUT2D eigenvalue weighted by Crippen LogP contribution is 2.42. The second-order valence-corrected chi connectivity index (χ2v) is 8.77. The van der Waals surface area contributed by atoms with Gasteiger partial charge in [0.2, 0.25) is 0 Å². The van der Waals surface area contributed by atoms with E-state index in [9.17, 15) is 5.11 Å². The van der Waals surface area contributed by atoms with E-state index in [1.54, 1.807) is 0 Å². The number of hydrogen-bond donors (Lipinski definition) is 2. The minimum absolute atomic E-state index is 0.256. The zero-order chi connectivity index (χ0) is 19.2. The van der Waals surface area contributed by atoms with Crippen LogP contribution in [-0.2, 0) is 0 Å². The number of rotatable bonds is 8. The zero-order valence-electron chi connectivity index (χ0n) is 17.4. The van der Waals surface area contributed by atoms with Crippen LogP contribution in [0.5, 0.6) is 0 Å². The molecule has 0 spiro atoms. The Morgan fingerprint density at radius 1 is 1.11 bits per heavy atom. The maximum Gasteiger partial charge on any atom is 0.0593 e. The van der Waals surface area contributed by atoms with Crippen LogP contribution in [0, 0.1) is 5.92 Å². The average Bonchev–Trinajstić information content (AvgIpc) is 2.67. The molecule has 1 saturated heterocycles. The van der Waals surface area contributed by atoms with Crippen LogP contribution in [0.3, 0.4) is 0 Å².